The van der Waals surface area contributed by atoms with Crippen LogP contribution < -0.4 is 4.90 Å². The number of nitrogens with zero attached hydrogens (tertiary/aromatic N) is 1. The van der Waals surface area contributed by atoms with Crippen molar-refractivity contribution >= 4 is 23.6 Å². The van der Waals surface area contributed by atoms with Crippen LogP contribution >= 0.6 is 0 Å². The second kappa shape index (κ2) is 9.35. The van der Waals surface area contributed by atoms with Crippen molar-refractivity contribution < 1.29 is 23.8 Å². The number of hydrogen-bond acceptors (Lipinski definition) is 5. The molecule has 1 aliphatic carbocycles. The van der Waals surface area contributed by atoms with Crippen molar-refractivity contribution in [1.29, 1.82) is 0 Å². The van der Waals surface area contributed by atoms with Crippen LogP contribution in [0.1, 0.15) is 51.1 Å². The minimum Gasteiger partial charge on any atom is -0.459 e. The van der Waals surface area contributed by atoms with Crippen molar-refractivity contribution in [3.8, 4) is 0 Å². The Hall–Kier alpha value is -2.96. The summed E-state index contributed by atoms with van der Waals surface area (Å²) in [4.78, 5) is 28.2. The minimum atomic E-state index is -0.334. The Morgan fingerprint density at radius 3 is 2.62 bits per heavy atom. The third kappa shape index (κ3) is 3.95. The Bertz CT molecular complexity index is 1140. The molecule has 2 aromatic rings. The van der Waals surface area contributed by atoms with Crippen LogP contribution in [0.3, 0.4) is 0 Å². The Labute approximate surface area is 199 Å². The first-order valence-corrected chi connectivity index (χ1v) is 12.1. The van der Waals surface area contributed by atoms with E-state index in [4.69, 9.17) is 9.15 Å². The van der Waals surface area contributed by atoms with Gasteiger partial charge in [-0.05, 0) is 68.5 Å². The van der Waals surface area contributed by atoms with Gasteiger partial charge in [-0.15, -0.1) is 0 Å². The third-order valence-corrected chi connectivity index (χ3v) is 7.48. The van der Waals surface area contributed by atoms with E-state index in [9.17, 15) is 14.7 Å². The molecule has 3 aliphatic rings. The van der Waals surface area contributed by atoms with Gasteiger partial charge in [0.25, 0.3) is 0 Å². The second-order valence-electron chi connectivity index (χ2n) is 9.52. The van der Waals surface area contributed by atoms with Crippen LogP contribution in [-0.4, -0.2) is 29.6 Å². The summed E-state index contributed by atoms with van der Waals surface area (Å²) in [6.45, 7) is 4.58. The molecule has 0 radical (unpaired) electrons. The lowest BCUT2D eigenvalue weighted by Crippen LogP contribution is -2.34. The lowest BCUT2D eigenvalue weighted by atomic mass is 9.69. The van der Waals surface area contributed by atoms with Gasteiger partial charge in [-0.1, -0.05) is 36.3 Å². The van der Waals surface area contributed by atoms with Gasteiger partial charge in [0.2, 0.25) is 11.8 Å². The number of anilines is 1. The zero-order chi connectivity index (χ0) is 23.8. The molecule has 2 amide bonds. The molecule has 6 heteroatoms. The predicted molar refractivity (Wildman–Crippen MR) is 129 cm³/mol. The molecule has 1 aromatic carbocycles. The van der Waals surface area contributed by atoms with Crippen LogP contribution in [0.25, 0.3) is 6.08 Å². The molecule has 34 heavy (non-hydrogen) atoms. The maximum atomic E-state index is 13.5. The Morgan fingerprint density at radius 2 is 1.91 bits per heavy atom. The van der Waals surface area contributed by atoms with Crippen molar-refractivity contribution in [2.45, 2.75) is 52.2 Å². The van der Waals surface area contributed by atoms with Crippen molar-refractivity contribution in [2.75, 3.05) is 11.5 Å². The number of aliphatic hydroxyl groups is 1. The molecule has 0 saturated carbocycles. The van der Waals surface area contributed by atoms with E-state index in [-0.39, 0.29) is 42.3 Å². The molecule has 178 valence electrons. The van der Waals surface area contributed by atoms with E-state index in [0.717, 1.165) is 25.0 Å². The average molecular weight is 462 g/mol. The number of fused-ring (bicyclic) bond motifs is 3. The summed E-state index contributed by atoms with van der Waals surface area (Å²) in [7, 11) is 0. The monoisotopic (exact) mass is 461 g/mol. The highest BCUT2D eigenvalue weighted by Gasteiger charge is 2.57. The molecule has 0 unspecified atom stereocenters. The number of furan rings is 1. The highest BCUT2D eigenvalue weighted by Crippen LogP contribution is 2.51. The van der Waals surface area contributed by atoms with Crippen LogP contribution in [0.15, 0.2) is 63.6 Å². The summed E-state index contributed by atoms with van der Waals surface area (Å²) in [5.74, 6) is 0.475. The molecule has 2 aliphatic heterocycles. The summed E-state index contributed by atoms with van der Waals surface area (Å²) in [5, 5.41) is 9.19. The zero-order valence-corrected chi connectivity index (χ0v) is 19.7. The Kier molecular flexibility index (Phi) is 6.28. The van der Waals surface area contributed by atoms with Crippen molar-refractivity contribution in [2.24, 2.45) is 17.8 Å². The summed E-state index contributed by atoms with van der Waals surface area (Å²) in [5.41, 5.74) is 4.36. The highest BCUT2D eigenvalue weighted by atomic mass is 16.5. The summed E-state index contributed by atoms with van der Waals surface area (Å²) >= 11 is 0. The number of hydrogen-bond donors (Lipinski definition) is 1. The fourth-order valence-corrected chi connectivity index (χ4v) is 5.87. The smallest absolute Gasteiger partial charge is 0.238 e. The van der Waals surface area contributed by atoms with Gasteiger partial charge in [-0.3, -0.25) is 14.5 Å². The fraction of sp³-hybridized carbons (Fsp3) is 0.429. The zero-order valence-electron chi connectivity index (χ0n) is 19.7. The minimum absolute atomic E-state index is 0.0228. The van der Waals surface area contributed by atoms with E-state index in [1.807, 2.05) is 42.5 Å². The Balaban J connectivity index is 1.34. The standard InChI is InChI=1S/C28H31NO5/c1-3-18-14-22-26(28(32)29(27(22)31)19-7-5-4-6-8-19)23-16-33-24(25(18)23)12-9-17(2)13-20-10-11-21(15-30)34-20/h4-8,10-11,13,22-24,26,30H,3,9,12,14-16H2,1-2H3/b17-13+/t22-,23+,24-,26-/m1/s1. The average Bonchev–Trinajstić information content (AvgIpc) is 3.54. The number of allylic oxidation sites excluding steroid dienone is 2. The fourth-order valence-electron chi connectivity index (χ4n) is 5.87. The van der Waals surface area contributed by atoms with Gasteiger partial charge in [0.05, 0.1) is 30.2 Å². The summed E-state index contributed by atoms with van der Waals surface area (Å²) in [6, 6.07) is 12.9. The van der Waals surface area contributed by atoms with Gasteiger partial charge >= 0.3 is 0 Å². The molecule has 3 heterocycles. The number of carbonyl (C=O) groups is 2. The van der Waals surface area contributed by atoms with Gasteiger partial charge < -0.3 is 14.3 Å². The lowest BCUT2D eigenvalue weighted by Gasteiger charge is -2.31. The van der Waals surface area contributed by atoms with Crippen molar-refractivity contribution in [3.05, 3.63) is 70.7 Å². The van der Waals surface area contributed by atoms with Crippen LogP contribution in [0.5, 0.6) is 0 Å². The summed E-state index contributed by atoms with van der Waals surface area (Å²) in [6.07, 6.45) is 5.15. The van der Waals surface area contributed by atoms with E-state index in [1.165, 1.54) is 21.6 Å². The predicted octanol–water partition coefficient (Wildman–Crippen LogP) is 4.89. The van der Waals surface area contributed by atoms with Crippen molar-refractivity contribution in [1.82, 2.24) is 0 Å². The molecular weight excluding hydrogens is 430 g/mol. The molecule has 1 N–H and O–H groups in total. The number of imide groups is 1. The molecule has 2 saturated heterocycles. The van der Waals surface area contributed by atoms with Gasteiger partial charge in [0.1, 0.15) is 18.1 Å². The van der Waals surface area contributed by atoms with Crippen LogP contribution in [0.2, 0.25) is 0 Å². The van der Waals surface area contributed by atoms with Gasteiger partial charge in [-0.25, -0.2) is 0 Å². The highest BCUT2D eigenvalue weighted by molar-refractivity contribution is 6.22. The molecule has 4 atom stereocenters. The maximum absolute atomic E-state index is 13.5. The van der Waals surface area contributed by atoms with E-state index >= 15 is 0 Å². The molecule has 2 fully saturated rings. The van der Waals surface area contributed by atoms with Crippen LogP contribution in [0.4, 0.5) is 5.69 Å². The topological polar surface area (TPSA) is 80.0 Å². The first kappa shape index (κ1) is 22.8. The number of para-hydroxylation sites is 1. The number of amides is 2. The van der Waals surface area contributed by atoms with Gasteiger partial charge in [-0.2, -0.15) is 0 Å². The van der Waals surface area contributed by atoms with E-state index in [2.05, 4.69) is 13.8 Å². The number of ether oxygens (including phenoxy) is 1. The number of rotatable bonds is 7. The first-order chi connectivity index (χ1) is 16.5. The molecule has 6 nitrogen and oxygen atoms in total. The first-order valence-electron chi connectivity index (χ1n) is 12.1. The SMILES string of the molecule is CCC1=C2[C@@H](CC/C(C)=C/c3ccc(CO)o3)OC[C@@H]2[C@@H]2C(=O)N(c3ccccc3)C(=O)[C@@H]2C1. The van der Waals surface area contributed by atoms with E-state index in [1.54, 1.807) is 6.07 Å². The lowest BCUT2D eigenvalue weighted by molar-refractivity contribution is -0.122. The van der Waals surface area contributed by atoms with Crippen LogP contribution in [-0.2, 0) is 20.9 Å². The molecule has 0 bridgehead atoms. The number of carbonyl (C=O) groups excluding carboxylic acids is 2. The van der Waals surface area contributed by atoms with E-state index < -0.39 is 0 Å². The van der Waals surface area contributed by atoms with E-state index in [0.29, 0.717) is 24.5 Å². The quantitative estimate of drug-likeness (QED) is 0.469. The number of benzene rings is 1. The summed E-state index contributed by atoms with van der Waals surface area (Å²) < 4.78 is 11.8. The molecule has 5 rings (SSSR count). The normalized spacial score (nSPS) is 26.9. The second-order valence-corrected chi connectivity index (χ2v) is 9.52. The maximum Gasteiger partial charge on any atom is 0.238 e. The molecular formula is C28H31NO5. The van der Waals surface area contributed by atoms with Crippen LogP contribution in [0, 0.1) is 17.8 Å². The van der Waals surface area contributed by atoms with Crippen molar-refractivity contribution in [3.63, 3.8) is 0 Å². The molecule has 1 aromatic heterocycles. The molecule has 0 spiro atoms. The Morgan fingerprint density at radius 1 is 1.12 bits per heavy atom. The third-order valence-electron chi connectivity index (χ3n) is 7.48. The number of aliphatic hydroxyl groups excluding tert-OH is 1. The van der Waals surface area contributed by atoms with Gasteiger partial charge in [0.15, 0.2) is 0 Å². The van der Waals surface area contributed by atoms with Gasteiger partial charge in [0, 0.05) is 5.92 Å². The largest absolute Gasteiger partial charge is 0.459 e.